The Hall–Kier alpha value is -1.91. The highest BCUT2D eigenvalue weighted by Gasteiger charge is 2.13. The first-order valence-electron chi connectivity index (χ1n) is 7.02. The number of para-hydroxylation sites is 1. The number of ketones is 1. The maximum atomic E-state index is 12.1. The number of benzene rings is 2. The van der Waals surface area contributed by atoms with Crippen LogP contribution in [0.3, 0.4) is 0 Å². The highest BCUT2D eigenvalue weighted by molar-refractivity contribution is 6.37. The van der Waals surface area contributed by atoms with Gasteiger partial charge < -0.3 is 14.9 Å². The van der Waals surface area contributed by atoms with Crippen molar-refractivity contribution in [3.05, 3.63) is 51.5 Å². The molecule has 23 heavy (non-hydrogen) atoms. The summed E-state index contributed by atoms with van der Waals surface area (Å²) in [5.41, 5.74) is 1.17. The van der Waals surface area contributed by atoms with E-state index >= 15 is 0 Å². The summed E-state index contributed by atoms with van der Waals surface area (Å²) < 4.78 is 5.53. The standard InChI is InChI=1S/C17H16Cl2O4/c1-10-4-2-5-15(21)17(10)23-7-3-6-14(20)11-8-12(18)16(22)13(19)9-11/h2,4-5,8-9,21-22H,3,6-7H2,1H3. The molecule has 0 unspecified atom stereocenters. The molecule has 0 spiro atoms. The largest absolute Gasteiger partial charge is 0.505 e. The summed E-state index contributed by atoms with van der Waals surface area (Å²) >= 11 is 11.6. The van der Waals surface area contributed by atoms with Crippen molar-refractivity contribution in [3.8, 4) is 17.2 Å². The third-order valence-corrected chi connectivity index (χ3v) is 3.90. The number of rotatable bonds is 6. The number of ether oxygens (including phenoxy) is 1. The number of Topliss-reactive ketones (excluding diaryl/α,β-unsaturated/α-hetero) is 1. The zero-order valence-corrected chi connectivity index (χ0v) is 14.0. The summed E-state index contributed by atoms with van der Waals surface area (Å²) in [6.07, 6.45) is 0.715. The molecule has 0 saturated carbocycles. The van der Waals surface area contributed by atoms with Gasteiger partial charge in [0.05, 0.1) is 16.7 Å². The van der Waals surface area contributed by atoms with Crippen LogP contribution in [0.4, 0.5) is 0 Å². The Balaban J connectivity index is 1.90. The Kier molecular flexibility index (Phi) is 5.74. The summed E-state index contributed by atoms with van der Waals surface area (Å²) in [5, 5.41) is 19.3. The number of phenols is 2. The van der Waals surface area contributed by atoms with E-state index in [1.54, 1.807) is 12.1 Å². The number of halogens is 2. The zero-order chi connectivity index (χ0) is 17.0. The Morgan fingerprint density at radius 1 is 1.17 bits per heavy atom. The normalized spacial score (nSPS) is 10.6. The van der Waals surface area contributed by atoms with Crippen LogP contribution in [-0.2, 0) is 0 Å². The molecule has 6 heteroatoms. The maximum absolute atomic E-state index is 12.1. The van der Waals surface area contributed by atoms with Crippen LogP contribution in [0.5, 0.6) is 17.2 Å². The van der Waals surface area contributed by atoms with Gasteiger partial charge in [-0.3, -0.25) is 4.79 Å². The van der Waals surface area contributed by atoms with Gasteiger partial charge >= 0.3 is 0 Å². The Bertz CT molecular complexity index is 685. The molecule has 2 rings (SSSR count). The molecular formula is C17H16Cl2O4. The van der Waals surface area contributed by atoms with E-state index in [-0.39, 0.29) is 33.7 Å². The third-order valence-electron chi connectivity index (χ3n) is 3.32. The highest BCUT2D eigenvalue weighted by atomic mass is 35.5. The third kappa shape index (κ3) is 4.30. The predicted octanol–water partition coefficient (Wildman–Crippen LogP) is 4.75. The molecule has 0 amide bonds. The Labute approximate surface area is 144 Å². The molecule has 0 radical (unpaired) electrons. The smallest absolute Gasteiger partial charge is 0.163 e. The number of aryl methyl sites for hydroxylation is 1. The van der Waals surface area contributed by atoms with E-state index < -0.39 is 0 Å². The van der Waals surface area contributed by atoms with Crippen LogP contribution in [0.15, 0.2) is 30.3 Å². The van der Waals surface area contributed by atoms with Gasteiger partial charge in [0.1, 0.15) is 0 Å². The average molecular weight is 355 g/mol. The quantitative estimate of drug-likeness (QED) is 0.579. The minimum absolute atomic E-state index is 0.0435. The van der Waals surface area contributed by atoms with Crippen LogP contribution in [0, 0.1) is 6.92 Å². The lowest BCUT2D eigenvalue weighted by Gasteiger charge is -2.10. The first-order valence-corrected chi connectivity index (χ1v) is 7.78. The van der Waals surface area contributed by atoms with Crippen molar-refractivity contribution in [1.29, 1.82) is 0 Å². The molecule has 2 aromatic rings. The summed E-state index contributed by atoms with van der Waals surface area (Å²) in [6, 6.07) is 7.90. The molecule has 2 N–H and O–H groups in total. The summed E-state index contributed by atoms with van der Waals surface area (Å²) in [4.78, 5) is 12.1. The van der Waals surface area contributed by atoms with Crippen LogP contribution >= 0.6 is 23.2 Å². The van der Waals surface area contributed by atoms with Gasteiger partial charge in [-0.25, -0.2) is 0 Å². The van der Waals surface area contributed by atoms with E-state index in [1.807, 2.05) is 13.0 Å². The van der Waals surface area contributed by atoms with Gasteiger partial charge in [-0.15, -0.1) is 0 Å². The second kappa shape index (κ2) is 7.57. The van der Waals surface area contributed by atoms with Crippen molar-refractivity contribution >= 4 is 29.0 Å². The van der Waals surface area contributed by atoms with Gasteiger partial charge in [0, 0.05) is 12.0 Å². The lowest BCUT2D eigenvalue weighted by atomic mass is 10.1. The van der Waals surface area contributed by atoms with Crippen molar-refractivity contribution < 1.29 is 19.7 Å². The zero-order valence-electron chi connectivity index (χ0n) is 12.5. The van der Waals surface area contributed by atoms with Crippen molar-refractivity contribution in [2.45, 2.75) is 19.8 Å². The van der Waals surface area contributed by atoms with E-state index in [2.05, 4.69) is 0 Å². The fraction of sp³-hybridized carbons (Fsp3) is 0.235. The number of hydrogen-bond donors (Lipinski definition) is 2. The fourth-order valence-electron chi connectivity index (χ4n) is 2.10. The van der Waals surface area contributed by atoms with Gasteiger partial charge in [0.15, 0.2) is 23.0 Å². The van der Waals surface area contributed by atoms with E-state index in [9.17, 15) is 15.0 Å². The first kappa shape index (κ1) is 17.4. The number of carbonyl (C=O) groups excluding carboxylic acids is 1. The van der Waals surface area contributed by atoms with E-state index in [4.69, 9.17) is 27.9 Å². The summed E-state index contributed by atoms with van der Waals surface area (Å²) in [6.45, 7) is 2.13. The van der Waals surface area contributed by atoms with E-state index in [1.165, 1.54) is 12.1 Å². The minimum atomic E-state index is -0.233. The van der Waals surface area contributed by atoms with Gasteiger partial charge in [0.2, 0.25) is 0 Å². The summed E-state index contributed by atoms with van der Waals surface area (Å²) in [7, 11) is 0. The molecule has 4 nitrogen and oxygen atoms in total. The molecule has 0 aliphatic heterocycles. The van der Waals surface area contributed by atoms with E-state index in [0.29, 0.717) is 24.3 Å². The molecule has 0 saturated heterocycles. The fourth-order valence-corrected chi connectivity index (χ4v) is 2.59. The van der Waals surface area contributed by atoms with Crippen molar-refractivity contribution in [1.82, 2.24) is 0 Å². The molecule has 0 aliphatic rings. The van der Waals surface area contributed by atoms with Crippen molar-refractivity contribution in [3.63, 3.8) is 0 Å². The maximum Gasteiger partial charge on any atom is 0.163 e. The molecule has 0 aromatic heterocycles. The molecular weight excluding hydrogens is 339 g/mol. The second-order valence-corrected chi connectivity index (χ2v) is 5.90. The van der Waals surface area contributed by atoms with Gasteiger partial charge in [-0.05, 0) is 37.1 Å². The van der Waals surface area contributed by atoms with Crippen LogP contribution in [-0.4, -0.2) is 22.6 Å². The van der Waals surface area contributed by atoms with Crippen molar-refractivity contribution in [2.75, 3.05) is 6.61 Å². The number of carbonyl (C=O) groups is 1. The van der Waals surface area contributed by atoms with Crippen LogP contribution in [0.2, 0.25) is 10.0 Å². The summed E-state index contributed by atoms with van der Waals surface area (Å²) in [5.74, 6) is 0.124. The number of phenolic OH excluding ortho intramolecular Hbond substituents is 2. The second-order valence-electron chi connectivity index (χ2n) is 5.09. The highest BCUT2D eigenvalue weighted by Crippen LogP contribution is 2.33. The minimum Gasteiger partial charge on any atom is -0.505 e. The molecule has 0 atom stereocenters. The van der Waals surface area contributed by atoms with Gasteiger partial charge in [-0.1, -0.05) is 35.3 Å². The predicted molar refractivity (Wildman–Crippen MR) is 90.0 cm³/mol. The monoisotopic (exact) mass is 354 g/mol. The first-order chi connectivity index (χ1) is 10.9. The molecule has 0 bridgehead atoms. The van der Waals surface area contributed by atoms with E-state index in [0.717, 1.165) is 5.56 Å². The molecule has 0 heterocycles. The SMILES string of the molecule is Cc1cccc(O)c1OCCCC(=O)c1cc(Cl)c(O)c(Cl)c1. The molecule has 2 aromatic carbocycles. The van der Waals surface area contributed by atoms with Crippen molar-refractivity contribution in [2.24, 2.45) is 0 Å². The Morgan fingerprint density at radius 2 is 1.83 bits per heavy atom. The van der Waals surface area contributed by atoms with Crippen LogP contribution in [0.25, 0.3) is 0 Å². The Morgan fingerprint density at radius 3 is 2.43 bits per heavy atom. The van der Waals surface area contributed by atoms with Gasteiger partial charge in [0.25, 0.3) is 0 Å². The lowest BCUT2D eigenvalue weighted by molar-refractivity contribution is 0.0973. The molecule has 0 aliphatic carbocycles. The molecule has 122 valence electrons. The molecule has 0 fully saturated rings. The number of aromatic hydroxyl groups is 2. The van der Waals surface area contributed by atoms with Gasteiger partial charge in [-0.2, -0.15) is 0 Å². The van der Waals surface area contributed by atoms with Crippen LogP contribution < -0.4 is 4.74 Å². The topological polar surface area (TPSA) is 66.8 Å². The average Bonchev–Trinajstić information content (AvgIpc) is 2.50. The lowest BCUT2D eigenvalue weighted by Crippen LogP contribution is -2.05. The number of hydrogen-bond acceptors (Lipinski definition) is 4. The van der Waals surface area contributed by atoms with Crippen LogP contribution in [0.1, 0.15) is 28.8 Å².